The molecular formula is C37H42ClN7O3. The maximum Gasteiger partial charge on any atom is 0.407 e. The SMILES string of the molecule is Cc1ccccc1C[C@@H](CN(CC1CCNCC1)C(=O)O)C(CC1c2ccccc2-c2ccccc21)NC(=O)c1nc(Cl)c(N)nc1N. The number of rotatable bonds is 11. The molecule has 7 N–H and O–H groups in total. The number of halogens is 1. The van der Waals surface area contributed by atoms with E-state index in [1.54, 1.807) is 4.90 Å². The number of nitrogens with two attached hydrogens (primary N) is 2. The van der Waals surface area contributed by atoms with Gasteiger partial charge in [0.1, 0.15) is 0 Å². The first-order valence-electron chi connectivity index (χ1n) is 16.5. The standard InChI is InChI=1S/C37H42ClN7O3/c1-22-8-2-3-9-24(22)18-25(21-45(37(47)48)20-23-14-16-41-17-15-23)31(42-36(46)32-34(39)44-35(40)33(38)43-32)19-30-28-12-6-4-10-26(28)27-11-5-7-13-29(27)30/h2-13,23,25,30-31,41H,14-21H2,1H3,(H,42,46)(H,47,48)(H4,39,40,44)/t25-,31?/m0/s1. The van der Waals surface area contributed by atoms with Gasteiger partial charge in [0.05, 0.1) is 0 Å². The molecule has 2 atom stereocenters. The quantitative estimate of drug-likeness (QED) is 0.135. The molecule has 1 aliphatic carbocycles. The highest BCUT2D eigenvalue weighted by Gasteiger charge is 2.36. The summed E-state index contributed by atoms with van der Waals surface area (Å²) in [4.78, 5) is 36.6. The van der Waals surface area contributed by atoms with Crippen LogP contribution in [0.5, 0.6) is 0 Å². The van der Waals surface area contributed by atoms with Crippen LogP contribution in [0.2, 0.25) is 5.15 Å². The molecule has 0 bridgehead atoms. The Bertz CT molecular complexity index is 1750. The monoisotopic (exact) mass is 667 g/mol. The summed E-state index contributed by atoms with van der Waals surface area (Å²) < 4.78 is 0. The molecule has 1 fully saturated rings. The molecule has 2 heterocycles. The number of fused-ring (bicyclic) bond motifs is 3. The van der Waals surface area contributed by atoms with Crippen LogP contribution in [0.1, 0.15) is 57.9 Å². The summed E-state index contributed by atoms with van der Waals surface area (Å²) in [5, 5.41) is 17.0. The van der Waals surface area contributed by atoms with Crippen molar-refractivity contribution < 1.29 is 14.7 Å². The molecule has 250 valence electrons. The molecule has 0 saturated carbocycles. The van der Waals surface area contributed by atoms with Gasteiger partial charge < -0.3 is 32.1 Å². The molecule has 48 heavy (non-hydrogen) atoms. The van der Waals surface area contributed by atoms with Crippen LogP contribution in [0, 0.1) is 18.8 Å². The summed E-state index contributed by atoms with van der Waals surface area (Å²) in [7, 11) is 0. The lowest BCUT2D eigenvalue weighted by Gasteiger charge is -2.36. The third kappa shape index (κ3) is 7.24. The molecular weight excluding hydrogens is 626 g/mol. The number of carboxylic acid groups (broad SMARTS) is 1. The number of anilines is 2. The first-order chi connectivity index (χ1) is 23.2. The molecule has 1 saturated heterocycles. The lowest BCUT2D eigenvalue weighted by Crippen LogP contribution is -2.49. The van der Waals surface area contributed by atoms with E-state index < -0.39 is 18.0 Å². The Morgan fingerprint density at radius 1 is 0.958 bits per heavy atom. The number of aromatic nitrogens is 2. The normalized spacial score (nSPS) is 15.7. The van der Waals surface area contributed by atoms with Gasteiger partial charge in [-0.3, -0.25) is 4.79 Å². The summed E-state index contributed by atoms with van der Waals surface area (Å²) in [6.07, 6.45) is 1.93. The minimum absolute atomic E-state index is 0.0387. The van der Waals surface area contributed by atoms with E-state index in [9.17, 15) is 14.7 Å². The van der Waals surface area contributed by atoms with E-state index in [2.05, 4.69) is 63.9 Å². The second-order valence-corrected chi connectivity index (χ2v) is 13.3. The average molecular weight is 668 g/mol. The molecule has 6 rings (SSSR count). The van der Waals surface area contributed by atoms with Gasteiger partial charge in [0.25, 0.3) is 5.91 Å². The van der Waals surface area contributed by atoms with Crippen molar-refractivity contribution in [2.24, 2.45) is 11.8 Å². The number of aryl methyl sites for hydroxylation is 1. The van der Waals surface area contributed by atoms with E-state index in [4.69, 9.17) is 23.1 Å². The van der Waals surface area contributed by atoms with E-state index in [-0.39, 0.29) is 46.8 Å². The fourth-order valence-corrected chi connectivity index (χ4v) is 7.45. The molecule has 0 spiro atoms. The molecule has 1 unspecified atom stereocenters. The molecule has 4 aromatic rings. The Morgan fingerprint density at radius 2 is 1.58 bits per heavy atom. The number of carbonyl (C=O) groups excluding carboxylic acids is 1. The van der Waals surface area contributed by atoms with E-state index in [1.165, 1.54) is 11.1 Å². The van der Waals surface area contributed by atoms with Crippen molar-refractivity contribution in [1.29, 1.82) is 0 Å². The van der Waals surface area contributed by atoms with Crippen LogP contribution < -0.4 is 22.1 Å². The molecule has 1 aliphatic heterocycles. The third-order valence-electron chi connectivity index (χ3n) is 9.86. The van der Waals surface area contributed by atoms with Gasteiger partial charge in [-0.2, -0.15) is 0 Å². The zero-order chi connectivity index (χ0) is 33.8. The van der Waals surface area contributed by atoms with Gasteiger partial charge in [-0.1, -0.05) is 84.4 Å². The minimum Gasteiger partial charge on any atom is -0.465 e. The first-order valence-corrected chi connectivity index (χ1v) is 16.9. The summed E-state index contributed by atoms with van der Waals surface area (Å²) >= 11 is 6.19. The Labute approximate surface area is 285 Å². The van der Waals surface area contributed by atoms with Gasteiger partial charge in [0.15, 0.2) is 22.5 Å². The maximum absolute atomic E-state index is 14.0. The second-order valence-electron chi connectivity index (χ2n) is 12.9. The number of piperidine rings is 1. The molecule has 3 aromatic carbocycles. The van der Waals surface area contributed by atoms with Gasteiger partial charge in [0.2, 0.25) is 0 Å². The number of benzene rings is 3. The van der Waals surface area contributed by atoms with Gasteiger partial charge in [-0.05, 0) is 85.0 Å². The van der Waals surface area contributed by atoms with Crippen molar-refractivity contribution in [3.8, 4) is 11.1 Å². The first kappa shape index (κ1) is 33.2. The Balaban J connectivity index is 1.41. The molecule has 11 heteroatoms. The van der Waals surface area contributed by atoms with Crippen LogP contribution in [0.4, 0.5) is 16.4 Å². The second kappa shape index (κ2) is 14.6. The highest BCUT2D eigenvalue weighted by Crippen LogP contribution is 2.47. The fraction of sp³-hybridized carbons (Fsp3) is 0.351. The number of nitrogens with zero attached hydrogens (tertiary/aromatic N) is 3. The topological polar surface area (TPSA) is 159 Å². The summed E-state index contributed by atoms with van der Waals surface area (Å²) in [6, 6.07) is 24.3. The summed E-state index contributed by atoms with van der Waals surface area (Å²) in [6.45, 7) is 4.47. The predicted octanol–water partition coefficient (Wildman–Crippen LogP) is 5.74. The number of amides is 2. The number of hydrogen-bond donors (Lipinski definition) is 5. The number of nitrogens with one attached hydrogen (secondary N) is 2. The van der Waals surface area contributed by atoms with E-state index in [0.717, 1.165) is 48.2 Å². The van der Waals surface area contributed by atoms with Gasteiger partial charge in [-0.25, -0.2) is 14.8 Å². The third-order valence-corrected chi connectivity index (χ3v) is 10.1. The smallest absolute Gasteiger partial charge is 0.407 e. The fourth-order valence-electron chi connectivity index (χ4n) is 7.33. The highest BCUT2D eigenvalue weighted by atomic mass is 35.5. The van der Waals surface area contributed by atoms with Gasteiger partial charge >= 0.3 is 6.09 Å². The Kier molecular flexibility index (Phi) is 10.1. The van der Waals surface area contributed by atoms with E-state index in [0.29, 0.717) is 19.4 Å². The van der Waals surface area contributed by atoms with Crippen molar-refractivity contribution in [2.45, 2.75) is 44.6 Å². The van der Waals surface area contributed by atoms with E-state index in [1.807, 2.05) is 36.4 Å². The van der Waals surface area contributed by atoms with Crippen LogP contribution in [-0.2, 0) is 6.42 Å². The molecule has 2 aliphatic rings. The van der Waals surface area contributed by atoms with E-state index >= 15 is 0 Å². The number of nitrogen functional groups attached to an aromatic ring is 2. The van der Waals surface area contributed by atoms with Crippen molar-refractivity contribution >= 4 is 35.2 Å². The maximum atomic E-state index is 14.0. The van der Waals surface area contributed by atoms with Gasteiger partial charge in [0, 0.05) is 31.0 Å². The number of carbonyl (C=O) groups is 2. The number of hydrogen-bond acceptors (Lipinski definition) is 7. The summed E-state index contributed by atoms with van der Waals surface area (Å²) in [5.74, 6) is -0.807. The Morgan fingerprint density at radius 3 is 2.23 bits per heavy atom. The van der Waals surface area contributed by atoms with Gasteiger partial charge in [-0.15, -0.1) is 0 Å². The van der Waals surface area contributed by atoms with Crippen LogP contribution in [0.25, 0.3) is 11.1 Å². The lowest BCUT2D eigenvalue weighted by molar-refractivity contribution is 0.0887. The van der Waals surface area contributed by atoms with Crippen molar-refractivity contribution in [3.63, 3.8) is 0 Å². The largest absolute Gasteiger partial charge is 0.465 e. The van der Waals surface area contributed by atoms with Crippen molar-refractivity contribution in [2.75, 3.05) is 37.6 Å². The van der Waals surface area contributed by atoms with Crippen molar-refractivity contribution in [1.82, 2.24) is 25.5 Å². The molecule has 1 aromatic heterocycles. The molecule has 0 radical (unpaired) electrons. The summed E-state index contributed by atoms with van der Waals surface area (Å²) in [5.41, 5.74) is 18.7. The van der Waals surface area contributed by atoms with Crippen LogP contribution >= 0.6 is 11.6 Å². The predicted molar refractivity (Wildman–Crippen MR) is 189 cm³/mol. The molecule has 2 amide bonds. The average Bonchev–Trinajstić information content (AvgIpc) is 3.40. The zero-order valence-corrected chi connectivity index (χ0v) is 27.8. The van der Waals surface area contributed by atoms with Crippen LogP contribution in [0.15, 0.2) is 72.8 Å². The zero-order valence-electron chi connectivity index (χ0n) is 27.0. The Hall–Kier alpha value is -4.67. The highest BCUT2D eigenvalue weighted by molar-refractivity contribution is 6.31. The van der Waals surface area contributed by atoms with Crippen LogP contribution in [-0.4, -0.2) is 64.2 Å². The molecule has 10 nitrogen and oxygen atoms in total. The van der Waals surface area contributed by atoms with Crippen LogP contribution in [0.3, 0.4) is 0 Å². The minimum atomic E-state index is -0.967. The lowest BCUT2D eigenvalue weighted by atomic mass is 9.81. The van der Waals surface area contributed by atoms with Crippen molar-refractivity contribution in [3.05, 3.63) is 106 Å².